The molecule has 0 saturated heterocycles. The summed E-state index contributed by atoms with van der Waals surface area (Å²) in [4.78, 5) is 13.4. The number of nitrogens with zero attached hydrogens (tertiary/aromatic N) is 1. The molecule has 0 heterocycles. The normalized spacial score (nSPS) is 21.6. The van der Waals surface area contributed by atoms with Crippen molar-refractivity contribution in [1.82, 2.24) is 4.90 Å². The molecule has 2 rings (SSSR count). The highest BCUT2D eigenvalue weighted by Crippen LogP contribution is 2.28. The molecule has 5 nitrogen and oxygen atoms in total. The third-order valence-electron chi connectivity index (χ3n) is 3.39. The molecule has 1 fully saturated rings. The van der Waals surface area contributed by atoms with E-state index in [4.69, 9.17) is 4.74 Å². The van der Waals surface area contributed by atoms with E-state index in [9.17, 15) is 15.0 Å². The van der Waals surface area contributed by atoms with Crippen molar-refractivity contribution in [3.05, 3.63) is 24.3 Å². The number of para-hydroxylation sites is 2. The second kappa shape index (κ2) is 5.93. The Morgan fingerprint density at radius 3 is 2.74 bits per heavy atom. The average molecular weight is 265 g/mol. The van der Waals surface area contributed by atoms with Gasteiger partial charge < -0.3 is 19.8 Å². The summed E-state index contributed by atoms with van der Waals surface area (Å²) >= 11 is 0. The number of aromatic hydroxyl groups is 1. The average Bonchev–Trinajstić information content (AvgIpc) is 2.35. The van der Waals surface area contributed by atoms with Crippen LogP contribution in [-0.4, -0.2) is 47.3 Å². The van der Waals surface area contributed by atoms with Gasteiger partial charge in [-0.2, -0.15) is 0 Å². The van der Waals surface area contributed by atoms with Crippen LogP contribution >= 0.6 is 0 Å². The molecule has 1 aliphatic rings. The minimum atomic E-state index is -0.203. The molecule has 0 bridgehead atoms. The molecule has 0 unspecified atom stereocenters. The van der Waals surface area contributed by atoms with E-state index in [2.05, 4.69) is 0 Å². The van der Waals surface area contributed by atoms with Gasteiger partial charge in [0, 0.05) is 13.6 Å². The monoisotopic (exact) mass is 265 g/mol. The van der Waals surface area contributed by atoms with Crippen LogP contribution in [0.3, 0.4) is 0 Å². The SMILES string of the molecule is CN(CC1CC(O)C1)C(=O)COc1ccccc1O. The molecule has 1 aromatic rings. The number of aliphatic hydroxyl groups is 1. The molecule has 1 aromatic carbocycles. The van der Waals surface area contributed by atoms with Gasteiger partial charge in [0.05, 0.1) is 6.10 Å². The molecule has 2 N–H and O–H groups in total. The summed E-state index contributed by atoms with van der Waals surface area (Å²) in [6, 6.07) is 6.56. The van der Waals surface area contributed by atoms with Crippen molar-refractivity contribution in [2.75, 3.05) is 20.2 Å². The number of carbonyl (C=O) groups is 1. The first-order chi connectivity index (χ1) is 9.06. The number of phenolic OH excluding ortho intramolecular Hbond substituents is 1. The van der Waals surface area contributed by atoms with Crippen molar-refractivity contribution in [1.29, 1.82) is 0 Å². The van der Waals surface area contributed by atoms with E-state index >= 15 is 0 Å². The molecule has 0 aliphatic heterocycles. The van der Waals surface area contributed by atoms with Gasteiger partial charge in [0.25, 0.3) is 5.91 Å². The summed E-state index contributed by atoms with van der Waals surface area (Å²) in [5.41, 5.74) is 0. The highest BCUT2D eigenvalue weighted by atomic mass is 16.5. The number of phenols is 1. The summed E-state index contributed by atoms with van der Waals surface area (Å²) in [5.74, 6) is 0.585. The van der Waals surface area contributed by atoms with Crippen molar-refractivity contribution < 1.29 is 19.7 Å². The fourth-order valence-corrected chi connectivity index (χ4v) is 2.17. The quantitative estimate of drug-likeness (QED) is 0.833. The van der Waals surface area contributed by atoms with Crippen LogP contribution in [0.15, 0.2) is 24.3 Å². The lowest BCUT2D eigenvalue weighted by Crippen LogP contribution is -2.41. The molecule has 1 saturated carbocycles. The molecule has 0 spiro atoms. The number of rotatable bonds is 5. The summed E-state index contributed by atoms with van der Waals surface area (Å²) in [7, 11) is 1.72. The van der Waals surface area contributed by atoms with Crippen LogP contribution in [0.5, 0.6) is 11.5 Å². The zero-order valence-electron chi connectivity index (χ0n) is 11.0. The van der Waals surface area contributed by atoms with E-state index < -0.39 is 0 Å². The van der Waals surface area contributed by atoms with E-state index in [0.29, 0.717) is 18.2 Å². The topological polar surface area (TPSA) is 70.0 Å². The second-order valence-electron chi connectivity index (χ2n) is 5.02. The number of aliphatic hydroxyl groups excluding tert-OH is 1. The van der Waals surface area contributed by atoms with Crippen LogP contribution in [0.25, 0.3) is 0 Å². The largest absolute Gasteiger partial charge is 0.504 e. The third kappa shape index (κ3) is 3.61. The molecule has 0 aromatic heterocycles. The lowest BCUT2D eigenvalue weighted by molar-refractivity contribution is -0.133. The van der Waals surface area contributed by atoms with Crippen LogP contribution < -0.4 is 4.74 Å². The van der Waals surface area contributed by atoms with Gasteiger partial charge in [0.1, 0.15) is 0 Å². The molecule has 0 radical (unpaired) electrons. The minimum Gasteiger partial charge on any atom is -0.504 e. The Bertz CT molecular complexity index is 443. The minimum absolute atomic E-state index is 0.0278. The number of ether oxygens (including phenoxy) is 1. The van der Waals surface area contributed by atoms with Crippen molar-refractivity contribution in [3.63, 3.8) is 0 Å². The van der Waals surface area contributed by atoms with Crippen LogP contribution in [0.2, 0.25) is 0 Å². The van der Waals surface area contributed by atoms with Gasteiger partial charge in [-0.25, -0.2) is 0 Å². The molecule has 1 aliphatic carbocycles. The standard InChI is InChI=1S/C14H19NO4/c1-15(8-10-6-11(16)7-10)14(18)9-19-13-5-3-2-4-12(13)17/h2-5,10-11,16-17H,6-9H2,1H3. The fourth-order valence-electron chi connectivity index (χ4n) is 2.17. The highest BCUT2D eigenvalue weighted by molar-refractivity contribution is 5.77. The van der Waals surface area contributed by atoms with Crippen LogP contribution in [-0.2, 0) is 4.79 Å². The van der Waals surface area contributed by atoms with Gasteiger partial charge in [0.2, 0.25) is 0 Å². The summed E-state index contributed by atoms with van der Waals surface area (Å²) in [5, 5.41) is 18.7. The van der Waals surface area contributed by atoms with Crippen molar-refractivity contribution in [2.45, 2.75) is 18.9 Å². The van der Waals surface area contributed by atoms with Crippen LogP contribution in [0.4, 0.5) is 0 Å². The smallest absolute Gasteiger partial charge is 0.260 e. The van der Waals surface area contributed by atoms with Gasteiger partial charge in [-0.05, 0) is 30.9 Å². The summed E-state index contributed by atoms with van der Waals surface area (Å²) < 4.78 is 5.28. The van der Waals surface area contributed by atoms with Gasteiger partial charge >= 0.3 is 0 Å². The molecule has 1 amide bonds. The molecule has 104 valence electrons. The van der Waals surface area contributed by atoms with Crippen LogP contribution in [0, 0.1) is 5.92 Å². The summed E-state index contributed by atoms with van der Waals surface area (Å²) in [6.07, 6.45) is 1.32. The van der Waals surface area contributed by atoms with Gasteiger partial charge in [-0.15, -0.1) is 0 Å². The zero-order valence-corrected chi connectivity index (χ0v) is 11.0. The first-order valence-electron chi connectivity index (χ1n) is 6.39. The predicted molar refractivity (Wildman–Crippen MR) is 70.0 cm³/mol. The lowest BCUT2D eigenvalue weighted by atomic mass is 9.82. The molecule has 5 heteroatoms. The van der Waals surface area contributed by atoms with Crippen molar-refractivity contribution in [3.8, 4) is 11.5 Å². The van der Waals surface area contributed by atoms with E-state index in [0.717, 1.165) is 12.8 Å². The van der Waals surface area contributed by atoms with Gasteiger partial charge in [-0.1, -0.05) is 12.1 Å². The van der Waals surface area contributed by atoms with Crippen LogP contribution in [0.1, 0.15) is 12.8 Å². The van der Waals surface area contributed by atoms with E-state index in [1.165, 1.54) is 6.07 Å². The first-order valence-corrected chi connectivity index (χ1v) is 6.39. The maximum atomic E-state index is 11.8. The Morgan fingerprint density at radius 2 is 2.11 bits per heavy atom. The maximum absolute atomic E-state index is 11.8. The summed E-state index contributed by atoms with van der Waals surface area (Å²) in [6.45, 7) is 0.545. The predicted octanol–water partition coefficient (Wildman–Crippen LogP) is 1.00. The number of likely N-dealkylation sites (N-methyl/N-ethyl adjacent to an activating group) is 1. The molecular weight excluding hydrogens is 246 g/mol. The molecule has 0 atom stereocenters. The highest BCUT2D eigenvalue weighted by Gasteiger charge is 2.29. The van der Waals surface area contributed by atoms with E-state index in [-0.39, 0.29) is 24.4 Å². The third-order valence-corrected chi connectivity index (χ3v) is 3.39. The Balaban J connectivity index is 1.76. The van der Waals surface area contributed by atoms with Crippen molar-refractivity contribution >= 4 is 5.91 Å². The van der Waals surface area contributed by atoms with E-state index in [1.54, 1.807) is 30.1 Å². The Hall–Kier alpha value is -1.75. The molecule has 19 heavy (non-hydrogen) atoms. The maximum Gasteiger partial charge on any atom is 0.260 e. The Morgan fingerprint density at radius 1 is 1.42 bits per heavy atom. The number of carbonyl (C=O) groups excluding carboxylic acids is 1. The molecular formula is C14H19NO4. The van der Waals surface area contributed by atoms with Gasteiger partial charge in [0.15, 0.2) is 18.1 Å². The van der Waals surface area contributed by atoms with Crippen molar-refractivity contribution in [2.24, 2.45) is 5.92 Å². The lowest BCUT2D eigenvalue weighted by Gasteiger charge is -2.34. The number of hydrogen-bond donors (Lipinski definition) is 2. The zero-order chi connectivity index (χ0) is 13.8. The Kier molecular flexibility index (Phi) is 4.27. The Labute approximate surface area is 112 Å². The number of hydrogen-bond acceptors (Lipinski definition) is 4. The van der Waals surface area contributed by atoms with Gasteiger partial charge in [-0.3, -0.25) is 4.79 Å². The second-order valence-corrected chi connectivity index (χ2v) is 5.02. The number of benzene rings is 1. The number of amides is 1. The first kappa shape index (κ1) is 13.7. The fraction of sp³-hybridized carbons (Fsp3) is 0.500. The van der Waals surface area contributed by atoms with E-state index in [1.807, 2.05) is 0 Å².